The van der Waals surface area contributed by atoms with Gasteiger partial charge in [-0.3, -0.25) is 4.79 Å². The molecule has 6 nitrogen and oxygen atoms in total. The lowest BCUT2D eigenvalue weighted by Gasteiger charge is -2.37. The van der Waals surface area contributed by atoms with Gasteiger partial charge in [0.1, 0.15) is 0 Å². The van der Waals surface area contributed by atoms with E-state index in [1.807, 2.05) is 6.07 Å². The maximum absolute atomic E-state index is 12.8. The molecule has 6 heteroatoms. The minimum Gasteiger partial charge on any atom is -0.495 e. The predicted molar refractivity (Wildman–Crippen MR) is 84.3 cm³/mol. The zero-order valence-electron chi connectivity index (χ0n) is 13.7. The molecule has 1 aliphatic rings. The number of ketones is 1. The molecule has 1 aliphatic carbocycles. The van der Waals surface area contributed by atoms with Gasteiger partial charge in [-0.25, -0.2) is 0 Å². The van der Waals surface area contributed by atoms with E-state index in [9.17, 15) is 4.79 Å². The quantitative estimate of drug-likeness (QED) is 0.636. The molecule has 0 amide bonds. The van der Waals surface area contributed by atoms with Crippen molar-refractivity contribution in [3.05, 3.63) is 59.2 Å². The maximum Gasteiger partial charge on any atom is 0.289 e. The number of Topliss-reactive ketones (excluding diaryl/α,β-unsaturated/α-hetero) is 1. The third kappa shape index (κ3) is 2.71. The molecule has 1 unspecified atom stereocenters. The Hall–Kier alpha value is -2.31. The van der Waals surface area contributed by atoms with Gasteiger partial charge < -0.3 is 24.7 Å². The van der Waals surface area contributed by atoms with Crippen LogP contribution in [0.1, 0.15) is 10.4 Å². The van der Waals surface area contributed by atoms with Crippen LogP contribution in [0.5, 0.6) is 0 Å². The smallest absolute Gasteiger partial charge is 0.289 e. The Kier molecular flexibility index (Phi) is 5.08. The zero-order valence-corrected chi connectivity index (χ0v) is 13.7. The topological polar surface area (TPSA) is 80.0 Å². The van der Waals surface area contributed by atoms with E-state index in [0.717, 1.165) is 0 Å². The number of hydrogen-bond donors (Lipinski definition) is 1. The molecule has 0 aromatic heterocycles. The molecule has 124 valence electrons. The van der Waals surface area contributed by atoms with Gasteiger partial charge in [0.15, 0.2) is 17.3 Å². The molecule has 2 rings (SSSR count). The first kappa shape index (κ1) is 17.1. The first-order valence-electron chi connectivity index (χ1n) is 7.05. The lowest BCUT2D eigenvalue weighted by atomic mass is 9.87. The van der Waals surface area contributed by atoms with Crippen LogP contribution >= 0.6 is 0 Å². The number of nitrogens with two attached hydrogens (primary N) is 1. The van der Waals surface area contributed by atoms with E-state index >= 15 is 0 Å². The van der Waals surface area contributed by atoms with Crippen molar-refractivity contribution in [3.63, 3.8) is 0 Å². The second-order valence-electron chi connectivity index (χ2n) is 4.96. The number of benzene rings is 1. The molecule has 1 aromatic rings. The molecular weight excluding hydrogens is 298 g/mol. The Morgan fingerprint density at radius 1 is 1.04 bits per heavy atom. The van der Waals surface area contributed by atoms with Crippen molar-refractivity contribution in [3.8, 4) is 0 Å². The molecular formula is C17H21NO5. The molecule has 0 radical (unpaired) electrons. The van der Waals surface area contributed by atoms with Gasteiger partial charge in [-0.05, 0) is 6.08 Å². The van der Waals surface area contributed by atoms with Crippen molar-refractivity contribution in [2.24, 2.45) is 11.7 Å². The Labute approximate surface area is 135 Å². The number of hydrogen-bond acceptors (Lipinski definition) is 6. The number of carbonyl (C=O) groups is 1. The Balaban J connectivity index is 2.55. The molecule has 2 N–H and O–H groups in total. The lowest BCUT2D eigenvalue weighted by Crippen LogP contribution is -2.46. The van der Waals surface area contributed by atoms with Crippen molar-refractivity contribution in [2.45, 2.75) is 5.79 Å². The Morgan fingerprint density at radius 3 is 2.13 bits per heavy atom. The van der Waals surface area contributed by atoms with Crippen molar-refractivity contribution in [2.75, 3.05) is 28.4 Å². The molecule has 0 saturated heterocycles. The van der Waals surface area contributed by atoms with Gasteiger partial charge >= 0.3 is 0 Å². The van der Waals surface area contributed by atoms with Crippen LogP contribution in [0.3, 0.4) is 0 Å². The fraction of sp³-hybridized carbons (Fsp3) is 0.353. The van der Waals surface area contributed by atoms with Gasteiger partial charge in [-0.1, -0.05) is 30.3 Å². The number of rotatable bonds is 6. The minimum atomic E-state index is -1.40. The molecule has 0 bridgehead atoms. The monoisotopic (exact) mass is 319 g/mol. The average molecular weight is 319 g/mol. The van der Waals surface area contributed by atoms with Crippen LogP contribution in [-0.4, -0.2) is 40.0 Å². The predicted octanol–water partition coefficient (Wildman–Crippen LogP) is 1.84. The summed E-state index contributed by atoms with van der Waals surface area (Å²) in [5, 5.41) is 0. The van der Waals surface area contributed by atoms with E-state index in [-0.39, 0.29) is 17.2 Å². The van der Waals surface area contributed by atoms with Crippen molar-refractivity contribution in [1.82, 2.24) is 0 Å². The highest BCUT2D eigenvalue weighted by Gasteiger charge is 2.49. The highest BCUT2D eigenvalue weighted by molar-refractivity contribution is 6.01. The van der Waals surface area contributed by atoms with Crippen LogP contribution in [0, 0.1) is 5.92 Å². The second-order valence-corrected chi connectivity index (χ2v) is 4.96. The summed E-state index contributed by atoms with van der Waals surface area (Å²) in [6, 6.07) is 8.90. The van der Waals surface area contributed by atoms with Crippen molar-refractivity contribution in [1.29, 1.82) is 0 Å². The molecule has 23 heavy (non-hydrogen) atoms. The minimum absolute atomic E-state index is 0.159. The Morgan fingerprint density at radius 2 is 1.65 bits per heavy atom. The standard InChI is InChI=1S/C17H21NO5/c1-20-13-10-12(15(19)11-8-6-5-7-9-11)14(18)16(21-2)17(13,22-3)23-4/h5-10,12H,18H2,1-4H3. The number of methoxy groups -OCH3 is 4. The molecule has 0 saturated carbocycles. The van der Waals surface area contributed by atoms with Gasteiger partial charge in [-0.2, -0.15) is 0 Å². The van der Waals surface area contributed by atoms with E-state index in [0.29, 0.717) is 11.3 Å². The second kappa shape index (κ2) is 6.85. The fourth-order valence-electron chi connectivity index (χ4n) is 2.72. The van der Waals surface area contributed by atoms with E-state index < -0.39 is 11.7 Å². The molecule has 0 heterocycles. The summed E-state index contributed by atoms with van der Waals surface area (Å²) in [5.41, 5.74) is 6.96. The van der Waals surface area contributed by atoms with Gasteiger partial charge in [0.05, 0.1) is 25.8 Å². The average Bonchev–Trinajstić information content (AvgIpc) is 2.61. The molecule has 0 fully saturated rings. The van der Waals surface area contributed by atoms with E-state index in [1.165, 1.54) is 28.4 Å². The number of ether oxygens (including phenoxy) is 4. The highest BCUT2D eigenvalue weighted by Crippen LogP contribution is 2.40. The van der Waals surface area contributed by atoms with Crippen LogP contribution in [0.2, 0.25) is 0 Å². The number of carbonyl (C=O) groups excluding carboxylic acids is 1. The van der Waals surface area contributed by atoms with Crippen LogP contribution in [0.4, 0.5) is 0 Å². The molecule has 0 spiro atoms. The van der Waals surface area contributed by atoms with Crippen LogP contribution in [-0.2, 0) is 18.9 Å². The van der Waals surface area contributed by atoms with E-state index in [1.54, 1.807) is 30.3 Å². The van der Waals surface area contributed by atoms with Crippen molar-refractivity contribution < 1.29 is 23.7 Å². The van der Waals surface area contributed by atoms with Gasteiger partial charge in [0, 0.05) is 19.8 Å². The Bertz CT molecular complexity index is 632. The summed E-state index contributed by atoms with van der Waals surface area (Å²) in [7, 11) is 5.80. The largest absolute Gasteiger partial charge is 0.495 e. The maximum atomic E-state index is 12.8. The number of allylic oxidation sites excluding steroid dienone is 1. The van der Waals surface area contributed by atoms with Crippen LogP contribution in [0.15, 0.2) is 53.6 Å². The first-order chi connectivity index (χ1) is 11.1. The van der Waals surface area contributed by atoms with E-state index in [4.69, 9.17) is 24.7 Å². The van der Waals surface area contributed by atoms with Gasteiger partial charge in [0.25, 0.3) is 5.79 Å². The summed E-state index contributed by atoms with van der Waals surface area (Å²) in [4.78, 5) is 12.8. The first-order valence-corrected chi connectivity index (χ1v) is 7.05. The highest BCUT2D eigenvalue weighted by atomic mass is 16.7. The van der Waals surface area contributed by atoms with Crippen molar-refractivity contribution >= 4 is 5.78 Å². The van der Waals surface area contributed by atoms with Crippen LogP contribution in [0.25, 0.3) is 0 Å². The summed E-state index contributed by atoms with van der Waals surface area (Å²) in [5.74, 6) is -1.77. The third-order valence-electron chi connectivity index (χ3n) is 3.88. The molecule has 0 aliphatic heterocycles. The SMILES string of the molecule is COC1=CC(C(=O)c2ccccc2)C(N)=C(OC)C1(OC)OC. The molecule has 1 atom stereocenters. The zero-order chi connectivity index (χ0) is 17.0. The third-order valence-corrected chi connectivity index (χ3v) is 3.88. The summed E-state index contributed by atoms with van der Waals surface area (Å²) < 4.78 is 21.7. The summed E-state index contributed by atoms with van der Waals surface area (Å²) in [6.07, 6.45) is 1.60. The van der Waals surface area contributed by atoms with Gasteiger partial charge in [0.2, 0.25) is 0 Å². The van der Waals surface area contributed by atoms with Gasteiger partial charge in [-0.15, -0.1) is 0 Å². The van der Waals surface area contributed by atoms with Crippen LogP contribution < -0.4 is 5.73 Å². The lowest BCUT2D eigenvalue weighted by molar-refractivity contribution is -0.197. The fourth-order valence-corrected chi connectivity index (χ4v) is 2.72. The summed E-state index contributed by atoms with van der Waals surface area (Å²) in [6.45, 7) is 0. The normalized spacial score (nSPS) is 20.0. The summed E-state index contributed by atoms with van der Waals surface area (Å²) >= 11 is 0. The van der Waals surface area contributed by atoms with E-state index in [2.05, 4.69) is 0 Å². The molecule has 1 aromatic carbocycles.